The minimum Gasteiger partial charge on any atom is -0.399 e. The molecule has 2 aromatic carbocycles. The van der Waals surface area contributed by atoms with Gasteiger partial charge in [-0.2, -0.15) is 39.5 Å². The van der Waals surface area contributed by atoms with Gasteiger partial charge in [-0.15, -0.1) is 0 Å². The summed E-state index contributed by atoms with van der Waals surface area (Å²) in [7, 11) is -1.11. The molecule has 1 aliphatic heterocycles. The Morgan fingerprint density at radius 1 is 0.690 bits per heavy atom. The van der Waals surface area contributed by atoms with Gasteiger partial charge in [-0.05, 0) is 74.6 Å². The average Bonchev–Trinajstić information content (AvgIpc) is 3.08. The Morgan fingerprint density at radius 3 is 1.67 bits per heavy atom. The van der Waals surface area contributed by atoms with Crippen molar-refractivity contribution in [2.45, 2.75) is 70.5 Å². The number of rotatable bonds is 6. The molecule has 3 aromatic rings. The van der Waals surface area contributed by atoms with Gasteiger partial charge in [-0.3, -0.25) is 0 Å². The van der Waals surface area contributed by atoms with Crippen molar-refractivity contribution in [3.8, 4) is 0 Å². The van der Waals surface area contributed by atoms with E-state index in [1.165, 1.54) is 29.4 Å². The van der Waals surface area contributed by atoms with E-state index in [0.717, 1.165) is 12.1 Å². The van der Waals surface area contributed by atoms with Crippen LogP contribution in [0.3, 0.4) is 0 Å². The molecule has 42 heavy (non-hydrogen) atoms. The van der Waals surface area contributed by atoms with Crippen LogP contribution in [0, 0.1) is 0 Å². The summed E-state index contributed by atoms with van der Waals surface area (Å²) >= 11 is 0. The number of benzene rings is 2. The normalized spacial score (nSPS) is 17.0. The van der Waals surface area contributed by atoms with Crippen LogP contribution in [0.5, 0.6) is 0 Å². The second-order valence-corrected chi connectivity index (χ2v) is 10.8. The van der Waals surface area contributed by atoms with Crippen LogP contribution in [0.2, 0.25) is 0 Å². The van der Waals surface area contributed by atoms with Gasteiger partial charge < -0.3 is 14.2 Å². The zero-order valence-corrected chi connectivity index (χ0v) is 22.7. The molecule has 0 aliphatic carbocycles. The van der Waals surface area contributed by atoms with Crippen LogP contribution in [-0.4, -0.2) is 28.3 Å². The number of hydrogen-bond acceptors (Lipinski definition) is 5. The second kappa shape index (κ2) is 10.7. The molecule has 1 fully saturated rings. The van der Waals surface area contributed by atoms with Crippen LogP contribution in [-0.2, 0) is 40.9 Å². The lowest BCUT2D eigenvalue weighted by Crippen LogP contribution is -2.41. The van der Waals surface area contributed by atoms with E-state index in [2.05, 4.69) is 9.97 Å². The van der Waals surface area contributed by atoms with Crippen molar-refractivity contribution >= 4 is 18.5 Å². The van der Waals surface area contributed by atoms with Crippen LogP contribution in [0.1, 0.15) is 55.5 Å². The topological polar surface area (TPSA) is 47.5 Å². The van der Waals surface area contributed by atoms with Crippen molar-refractivity contribution in [1.29, 1.82) is 0 Å². The van der Waals surface area contributed by atoms with Gasteiger partial charge in [0.15, 0.2) is 0 Å². The predicted molar refractivity (Wildman–Crippen MR) is 136 cm³/mol. The van der Waals surface area contributed by atoms with Gasteiger partial charge in [0.2, 0.25) is 5.95 Å². The van der Waals surface area contributed by atoms with E-state index in [-0.39, 0.29) is 23.0 Å². The number of nitrogens with zero attached hydrogens (tertiary/aromatic N) is 3. The summed E-state index contributed by atoms with van der Waals surface area (Å²) in [6, 6.07) is 5.37. The molecule has 1 aliphatic rings. The molecular formula is C27H25BF9N3O2. The molecule has 1 aromatic heterocycles. The van der Waals surface area contributed by atoms with Crippen LogP contribution in [0.25, 0.3) is 0 Å². The molecule has 2 heterocycles. The summed E-state index contributed by atoms with van der Waals surface area (Å²) in [4.78, 5) is 9.27. The third-order valence-corrected chi connectivity index (χ3v) is 7.19. The molecule has 0 unspecified atom stereocenters. The van der Waals surface area contributed by atoms with E-state index in [1.807, 2.05) is 0 Å². The standard InChI is InChI=1S/C27H25BF9N3O2/c1-23(2)24(3,4)42-28(41-23)21-7-6-18(25(29,30)31)12-17(21)15-40(22-38-8-5-9-39-22)14-16-10-19(26(32,33)34)13-20(11-16)27(35,36)37/h5-13H,14-15H2,1-4H3. The van der Waals surface area contributed by atoms with E-state index >= 15 is 0 Å². The first-order valence-electron chi connectivity index (χ1n) is 12.5. The zero-order chi connectivity index (χ0) is 31.3. The van der Waals surface area contributed by atoms with E-state index in [9.17, 15) is 39.5 Å². The Bertz CT molecular complexity index is 1380. The Labute approximate surface area is 235 Å². The average molecular weight is 605 g/mol. The Kier molecular flexibility index (Phi) is 8.09. The van der Waals surface area contributed by atoms with Gasteiger partial charge in [0.1, 0.15) is 0 Å². The van der Waals surface area contributed by atoms with Gasteiger partial charge in [0, 0.05) is 25.5 Å². The highest BCUT2D eigenvalue weighted by Gasteiger charge is 2.52. The van der Waals surface area contributed by atoms with Crippen molar-refractivity contribution in [2.75, 3.05) is 4.90 Å². The molecule has 15 heteroatoms. The van der Waals surface area contributed by atoms with E-state index in [0.29, 0.717) is 12.1 Å². The summed E-state index contributed by atoms with van der Waals surface area (Å²) in [5, 5.41) is 0. The van der Waals surface area contributed by atoms with Gasteiger partial charge in [0.05, 0.1) is 27.9 Å². The number of anilines is 1. The Morgan fingerprint density at radius 2 is 1.19 bits per heavy atom. The third kappa shape index (κ3) is 6.83. The lowest BCUT2D eigenvalue weighted by atomic mass is 9.75. The minimum absolute atomic E-state index is 0.00111. The molecule has 0 radical (unpaired) electrons. The summed E-state index contributed by atoms with van der Waals surface area (Å²) in [5.74, 6) is -0.138. The van der Waals surface area contributed by atoms with Crippen LogP contribution in [0.4, 0.5) is 45.5 Å². The summed E-state index contributed by atoms with van der Waals surface area (Å²) < 4.78 is 134. The highest BCUT2D eigenvalue weighted by atomic mass is 19.4. The zero-order valence-electron chi connectivity index (χ0n) is 22.7. The van der Waals surface area contributed by atoms with Gasteiger partial charge >= 0.3 is 25.6 Å². The molecule has 4 rings (SSSR count). The highest BCUT2D eigenvalue weighted by molar-refractivity contribution is 6.62. The van der Waals surface area contributed by atoms with E-state index < -0.39 is 72.2 Å². The Hall–Kier alpha value is -3.33. The van der Waals surface area contributed by atoms with Crippen LogP contribution in [0.15, 0.2) is 54.9 Å². The molecular weight excluding hydrogens is 580 g/mol. The number of aromatic nitrogens is 2. The summed E-state index contributed by atoms with van der Waals surface area (Å²) in [6.45, 7) is 5.93. The fourth-order valence-corrected chi connectivity index (χ4v) is 4.31. The number of alkyl halides is 9. The highest BCUT2D eigenvalue weighted by Crippen LogP contribution is 2.39. The first kappa shape index (κ1) is 31.6. The lowest BCUT2D eigenvalue weighted by Gasteiger charge is -2.32. The molecule has 5 nitrogen and oxygen atoms in total. The van der Waals surface area contributed by atoms with Crippen molar-refractivity contribution in [3.05, 3.63) is 82.7 Å². The molecule has 1 saturated heterocycles. The van der Waals surface area contributed by atoms with Crippen molar-refractivity contribution in [1.82, 2.24) is 9.97 Å². The molecule has 0 bridgehead atoms. The first-order valence-corrected chi connectivity index (χ1v) is 12.5. The maximum absolute atomic E-state index is 13.7. The quantitative estimate of drug-likeness (QED) is 0.223. The maximum Gasteiger partial charge on any atom is 0.495 e. The van der Waals surface area contributed by atoms with Gasteiger partial charge in [-0.1, -0.05) is 12.1 Å². The van der Waals surface area contributed by atoms with Crippen molar-refractivity contribution < 1.29 is 48.8 Å². The van der Waals surface area contributed by atoms with Crippen molar-refractivity contribution in [2.24, 2.45) is 0 Å². The minimum atomic E-state index is -5.09. The predicted octanol–water partition coefficient (Wildman–Crippen LogP) is 7.04. The SMILES string of the molecule is CC1(C)OB(c2ccc(C(F)(F)F)cc2CN(Cc2cc(C(F)(F)F)cc(C(F)(F)F)c2)c2ncccn2)OC1(C)C. The molecule has 0 amide bonds. The molecule has 0 N–H and O–H groups in total. The van der Waals surface area contributed by atoms with Gasteiger partial charge in [-0.25, -0.2) is 9.97 Å². The molecule has 0 saturated carbocycles. The maximum atomic E-state index is 13.7. The summed E-state index contributed by atoms with van der Waals surface area (Å²) in [6.07, 6.45) is -12.4. The molecule has 226 valence electrons. The lowest BCUT2D eigenvalue weighted by molar-refractivity contribution is -0.143. The Balaban J connectivity index is 1.82. The number of hydrogen-bond donors (Lipinski definition) is 0. The fourth-order valence-electron chi connectivity index (χ4n) is 4.31. The van der Waals surface area contributed by atoms with E-state index in [1.54, 1.807) is 27.7 Å². The molecule has 0 atom stereocenters. The second-order valence-electron chi connectivity index (χ2n) is 10.8. The van der Waals surface area contributed by atoms with E-state index in [4.69, 9.17) is 9.31 Å². The van der Waals surface area contributed by atoms with Crippen molar-refractivity contribution in [3.63, 3.8) is 0 Å². The number of halogens is 9. The smallest absolute Gasteiger partial charge is 0.399 e. The van der Waals surface area contributed by atoms with Gasteiger partial charge in [0.25, 0.3) is 0 Å². The van der Waals surface area contributed by atoms with Crippen LogP contribution < -0.4 is 10.4 Å². The largest absolute Gasteiger partial charge is 0.495 e. The third-order valence-electron chi connectivity index (χ3n) is 7.19. The fraction of sp³-hybridized carbons (Fsp3) is 0.407. The summed E-state index contributed by atoms with van der Waals surface area (Å²) in [5.41, 5.74) is -6.01. The first-order chi connectivity index (χ1) is 19.2. The molecule has 0 spiro atoms. The van der Waals surface area contributed by atoms with Crippen LogP contribution >= 0.6 is 0 Å². The monoisotopic (exact) mass is 605 g/mol.